The molecule has 0 saturated heterocycles. The van der Waals surface area contributed by atoms with Gasteiger partial charge in [-0.1, -0.05) is 31.5 Å². The average Bonchev–Trinajstić information content (AvgIpc) is 2.36. The van der Waals surface area contributed by atoms with E-state index in [1.165, 1.54) is 0 Å². The predicted octanol–water partition coefficient (Wildman–Crippen LogP) is 2.62. The van der Waals surface area contributed by atoms with Crippen molar-refractivity contribution in [3.63, 3.8) is 0 Å². The smallest absolute Gasteiger partial charge is 0.319 e. The van der Waals surface area contributed by atoms with Crippen molar-refractivity contribution in [1.82, 2.24) is 10.6 Å². The monoisotopic (exact) mass is 297 g/mol. The summed E-state index contributed by atoms with van der Waals surface area (Å²) in [6.07, 6.45) is 0.572. The molecule has 1 aromatic rings. The lowest BCUT2D eigenvalue weighted by Crippen LogP contribution is -2.47. The molecular formula is C14H20ClN3O2. The van der Waals surface area contributed by atoms with Crippen LogP contribution in [0.4, 0.5) is 10.5 Å². The van der Waals surface area contributed by atoms with Gasteiger partial charge < -0.3 is 16.0 Å². The Morgan fingerprint density at radius 3 is 2.55 bits per heavy atom. The summed E-state index contributed by atoms with van der Waals surface area (Å²) in [6, 6.07) is 5.83. The van der Waals surface area contributed by atoms with Crippen LogP contribution in [-0.4, -0.2) is 25.0 Å². The summed E-state index contributed by atoms with van der Waals surface area (Å²) in [5.74, 6) is 0.0868. The molecule has 0 saturated carbocycles. The molecule has 0 spiro atoms. The Bertz CT molecular complexity index is 477. The third kappa shape index (κ3) is 5.48. The van der Waals surface area contributed by atoms with E-state index >= 15 is 0 Å². The molecule has 0 heterocycles. The first-order chi connectivity index (χ1) is 9.42. The normalized spacial score (nSPS) is 11.8. The van der Waals surface area contributed by atoms with E-state index < -0.39 is 12.1 Å². The number of hydrogen-bond acceptors (Lipinski definition) is 2. The van der Waals surface area contributed by atoms with E-state index in [0.29, 0.717) is 23.0 Å². The van der Waals surface area contributed by atoms with Crippen molar-refractivity contribution in [3.8, 4) is 0 Å². The van der Waals surface area contributed by atoms with Crippen LogP contribution >= 0.6 is 11.6 Å². The van der Waals surface area contributed by atoms with E-state index in [1.54, 1.807) is 31.3 Å². The van der Waals surface area contributed by atoms with Crippen LogP contribution in [-0.2, 0) is 4.79 Å². The van der Waals surface area contributed by atoms with Gasteiger partial charge in [0.1, 0.15) is 6.04 Å². The molecule has 3 N–H and O–H groups in total. The van der Waals surface area contributed by atoms with Gasteiger partial charge in [0.25, 0.3) is 0 Å². The van der Waals surface area contributed by atoms with Crippen LogP contribution in [0.25, 0.3) is 0 Å². The number of nitrogens with one attached hydrogen (secondary N) is 3. The molecule has 1 atom stereocenters. The minimum Gasteiger partial charge on any atom is -0.357 e. The van der Waals surface area contributed by atoms with Gasteiger partial charge in [0.2, 0.25) is 5.91 Å². The van der Waals surface area contributed by atoms with Crippen molar-refractivity contribution in [2.45, 2.75) is 26.3 Å². The van der Waals surface area contributed by atoms with Gasteiger partial charge in [-0.3, -0.25) is 4.79 Å². The zero-order valence-corrected chi connectivity index (χ0v) is 12.6. The zero-order chi connectivity index (χ0) is 15.1. The number of hydrogen-bond donors (Lipinski definition) is 3. The molecule has 0 aliphatic heterocycles. The molecule has 0 aromatic heterocycles. The molecule has 0 aliphatic rings. The van der Waals surface area contributed by atoms with Crippen LogP contribution < -0.4 is 16.0 Å². The lowest BCUT2D eigenvalue weighted by Gasteiger charge is -2.19. The molecule has 0 bridgehead atoms. The summed E-state index contributed by atoms with van der Waals surface area (Å²) in [5.41, 5.74) is 0.579. The first-order valence-electron chi connectivity index (χ1n) is 6.47. The van der Waals surface area contributed by atoms with Gasteiger partial charge in [-0.05, 0) is 30.5 Å². The Kier molecular flexibility index (Phi) is 6.31. The summed E-state index contributed by atoms with van der Waals surface area (Å²) in [6.45, 7) is 3.99. The molecule has 0 aliphatic carbocycles. The molecule has 0 radical (unpaired) electrons. The number of rotatable bonds is 5. The van der Waals surface area contributed by atoms with E-state index in [-0.39, 0.29) is 5.91 Å². The fourth-order valence-corrected chi connectivity index (χ4v) is 1.96. The minimum atomic E-state index is -0.556. The van der Waals surface area contributed by atoms with Crippen molar-refractivity contribution in [3.05, 3.63) is 29.3 Å². The first-order valence-corrected chi connectivity index (χ1v) is 6.85. The second-order valence-electron chi connectivity index (χ2n) is 4.91. The fourth-order valence-electron chi connectivity index (χ4n) is 1.77. The SMILES string of the molecule is CNC(=O)C(CC(C)C)NC(=O)Nc1cccc(Cl)c1. The number of likely N-dealkylation sites (N-methyl/N-ethyl adjacent to an activating group) is 1. The lowest BCUT2D eigenvalue weighted by atomic mass is 10.0. The molecule has 1 rings (SSSR count). The Morgan fingerprint density at radius 1 is 1.30 bits per heavy atom. The van der Waals surface area contributed by atoms with Gasteiger partial charge in [0.15, 0.2) is 0 Å². The lowest BCUT2D eigenvalue weighted by molar-refractivity contribution is -0.122. The van der Waals surface area contributed by atoms with E-state index in [9.17, 15) is 9.59 Å². The van der Waals surface area contributed by atoms with Crippen molar-refractivity contribution in [2.24, 2.45) is 5.92 Å². The Labute approximate surface area is 124 Å². The Morgan fingerprint density at radius 2 is 2.00 bits per heavy atom. The third-order valence-electron chi connectivity index (χ3n) is 2.66. The van der Waals surface area contributed by atoms with Crippen molar-refractivity contribution < 1.29 is 9.59 Å². The van der Waals surface area contributed by atoms with Gasteiger partial charge in [-0.15, -0.1) is 0 Å². The number of carbonyl (C=O) groups is 2. The largest absolute Gasteiger partial charge is 0.357 e. The van der Waals surface area contributed by atoms with Crippen molar-refractivity contribution in [1.29, 1.82) is 0 Å². The molecule has 6 heteroatoms. The van der Waals surface area contributed by atoms with Crippen molar-refractivity contribution in [2.75, 3.05) is 12.4 Å². The highest BCUT2D eigenvalue weighted by atomic mass is 35.5. The van der Waals surface area contributed by atoms with Gasteiger partial charge >= 0.3 is 6.03 Å². The topological polar surface area (TPSA) is 70.2 Å². The zero-order valence-electron chi connectivity index (χ0n) is 11.9. The maximum Gasteiger partial charge on any atom is 0.319 e. The van der Waals surface area contributed by atoms with Gasteiger partial charge in [0.05, 0.1) is 0 Å². The predicted molar refractivity (Wildman–Crippen MR) is 80.9 cm³/mol. The van der Waals surface area contributed by atoms with Gasteiger partial charge in [0, 0.05) is 17.8 Å². The number of amides is 3. The molecule has 20 heavy (non-hydrogen) atoms. The molecule has 1 aromatic carbocycles. The van der Waals surface area contributed by atoms with E-state index in [4.69, 9.17) is 11.6 Å². The second kappa shape index (κ2) is 7.75. The first kappa shape index (κ1) is 16.3. The highest BCUT2D eigenvalue weighted by Gasteiger charge is 2.20. The highest BCUT2D eigenvalue weighted by Crippen LogP contribution is 2.14. The summed E-state index contributed by atoms with van der Waals surface area (Å²) < 4.78 is 0. The number of urea groups is 1. The molecule has 5 nitrogen and oxygen atoms in total. The summed E-state index contributed by atoms with van der Waals surface area (Å²) in [7, 11) is 1.55. The number of benzene rings is 1. The quantitative estimate of drug-likeness (QED) is 0.782. The fraction of sp³-hybridized carbons (Fsp3) is 0.429. The Balaban J connectivity index is 2.64. The average molecular weight is 298 g/mol. The van der Waals surface area contributed by atoms with Crippen LogP contribution in [0.2, 0.25) is 5.02 Å². The van der Waals surface area contributed by atoms with Crippen LogP contribution in [0.5, 0.6) is 0 Å². The van der Waals surface area contributed by atoms with E-state index in [2.05, 4.69) is 16.0 Å². The summed E-state index contributed by atoms with van der Waals surface area (Å²) >= 11 is 5.84. The van der Waals surface area contributed by atoms with Crippen LogP contribution in [0.3, 0.4) is 0 Å². The number of anilines is 1. The molecule has 110 valence electrons. The van der Waals surface area contributed by atoms with Crippen LogP contribution in [0, 0.1) is 5.92 Å². The van der Waals surface area contributed by atoms with Crippen LogP contribution in [0.15, 0.2) is 24.3 Å². The standard InChI is InChI=1S/C14H20ClN3O2/c1-9(2)7-12(13(19)16-3)18-14(20)17-11-6-4-5-10(15)8-11/h4-6,8-9,12H,7H2,1-3H3,(H,16,19)(H2,17,18,20). The second-order valence-corrected chi connectivity index (χ2v) is 5.34. The molecule has 1 unspecified atom stereocenters. The van der Waals surface area contributed by atoms with Gasteiger partial charge in [-0.2, -0.15) is 0 Å². The minimum absolute atomic E-state index is 0.208. The summed E-state index contributed by atoms with van der Waals surface area (Å²) in [4.78, 5) is 23.6. The molecule has 0 fully saturated rings. The third-order valence-corrected chi connectivity index (χ3v) is 2.89. The highest BCUT2D eigenvalue weighted by molar-refractivity contribution is 6.30. The van der Waals surface area contributed by atoms with Crippen LogP contribution in [0.1, 0.15) is 20.3 Å². The summed E-state index contributed by atoms with van der Waals surface area (Å²) in [5, 5.41) is 8.39. The molecular weight excluding hydrogens is 278 g/mol. The maximum absolute atomic E-state index is 11.9. The number of carbonyl (C=O) groups excluding carboxylic acids is 2. The number of halogens is 1. The Hall–Kier alpha value is -1.75. The van der Waals surface area contributed by atoms with E-state index in [1.807, 2.05) is 13.8 Å². The maximum atomic E-state index is 11.9. The van der Waals surface area contributed by atoms with E-state index in [0.717, 1.165) is 0 Å². The molecule has 3 amide bonds. The van der Waals surface area contributed by atoms with Gasteiger partial charge in [-0.25, -0.2) is 4.79 Å². The van der Waals surface area contributed by atoms with Crippen molar-refractivity contribution >= 4 is 29.2 Å².